The van der Waals surface area contributed by atoms with Crippen LogP contribution in [-0.4, -0.2) is 156 Å². The molecule has 0 radical (unpaired) electrons. The first-order valence-corrected chi connectivity index (χ1v) is 26.2. The summed E-state index contributed by atoms with van der Waals surface area (Å²) in [7, 11) is -9.85. The number of hydrogen-bond donors (Lipinski definition) is 11. The fourth-order valence-electron chi connectivity index (χ4n) is 6.28. The largest absolute Gasteiger partial charge is 0.395 e. The third-order valence-corrected chi connectivity index (χ3v) is 12.5. The lowest BCUT2D eigenvalue weighted by atomic mass is 10.1. The van der Waals surface area contributed by atoms with E-state index in [1.165, 1.54) is 66.2 Å². The third kappa shape index (κ3) is 18.5. The summed E-state index contributed by atoms with van der Waals surface area (Å²) in [6.07, 6.45) is 2.70. The van der Waals surface area contributed by atoms with Gasteiger partial charge >= 0.3 is 0 Å². The molecule has 0 fully saturated rings. The van der Waals surface area contributed by atoms with Crippen molar-refractivity contribution in [3.63, 3.8) is 0 Å². The van der Waals surface area contributed by atoms with Crippen LogP contribution in [0.15, 0.2) is 99.6 Å². The second-order valence-electron chi connectivity index (χ2n) is 15.4. The Bertz CT molecular complexity index is 3130. The van der Waals surface area contributed by atoms with Crippen molar-refractivity contribution in [1.82, 2.24) is 29.9 Å². The summed E-state index contributed by atoms with van der Waals surface area (Å²) < 4.78 is 95.9. The Morgan fingerprint density at radius 2 is 0.877 bits per heavy atom. The van der Waals surface area contributed by atoms with Crippen molar-refractivity contribution >= 4 is 89.3 Å². The minimum atomic E-state index is -4.47. The van der Waals surface area contributed by atoms with Crippen LogP contribution in [0.3, 0.4) is 0 Å². The number of anilines is 8. The van der Waals surface area contributed by atoms with Crippen LogP contribution in [0, 0.1) is 20.8 Å². The zero-order valence-electron chi connectivity index (χ0n) is 40.3. The van der Waals surface area contributed by atoms with Crippen LogP contribution < -0.4 is 31.1 Å². The summed E-state index contributed by atoms with van der Waals surface area (Å²) in [5.41, 5.74) is 4.03. The highest BCUT2D eigenvalue weighted by molar-refractivity contribution is 7.86. The Kier molecular flexibility index (Phi) is 21.8. The smallest absolute Gasteiger partial charge is 0.295 e. The second-order valence-corrected chi connectivity index (χ2v) is 19.6. The molecule has 2 aromatic heterocycles. The van der Waals surface area contributed by atoms with Crippen molar-refractivity contribution in [3.05, 3.63) is 113 Å². The van der Waals surface area contributed by atoms with Gasteiger partial charge in [-0.1, -0.05) is 48.0 Å². The molecule has 6 aromatic rings. The summed E-state index contributed by atoms with van der Waals surface area (Å²) >= 11 is 0. The Hall–Kier alpha value is -6.99. The predicted molar refractivity (Wildman–Crippen MR) is 276 cm³/mol. The molecule has 6 rings (SSSR count). The van der Waals surface area contributed by atoms with E-state index < -0.39 is 30.4 Å². The third-order valence-electron chi connectivity index (χ3n) is 9.81. The molecule has 2 heterocycles. The molecule has 0 spiro atoms. The maximum atomic E-state index is 11.6. The van der Waals surface area contributed by atoms with E-state index in [0.29, 0.717) is 59.6 Å². The summed E-state index contributed by atoms with van der Waals surface area (Å²) in [5.74, 6) is 2.15. The average molecular weight is 1070 g/mol. The minimum absolute atomic E-state index is 0.0543. The molecule has 0 aliphatic carbocycles. The van der Waals surface area contributed by atoms with Crippen molar-refractivity contribution < 1.29 is 59.3 Å². The van der Waals surface area contributed by atoms with E-state index in [-0.39, 0.29) is 71.3 Å². The highest BCUT2D eigenvalue weighted by Gasteiger charge is 2.18. The number of aromatic nitrogens is 6. The van der Waals surface area contributed by atoms with E-state index in [2.05, 4.69) is 51.2 Å². The monoisotopic (exact) mass is 1070 g/mol. The molecule has 0 atom stereocenters. The van der Waals surface area contributed by atoms with Crippen LogP contribution in [0.1, 0.15) is 28.1 Å². The first-order chi connectivity index (χ1) is 34.5. The SMILES string of the molecule is CNc1ccc(/C=C/c2ccc(C)cc2S(=O)(=O)O)c(S(=O)(=O)O)c1.CNc1nc(Nc2ccc(C)cc2)nc(N(CCO)CCO)n1.Cc1nc(Nc2ccc(S(=O)(=O)O)cc2)nc(N(CCO)CCO)n1. The van der Waals surface area contributed by atoms with Gasteiger partial charge in [0, 0.05) is 57.3 Å². The van der Waals surface area contributed by atoms with Gasteiger partial charge in [-0.3, -0.25) is 13.7 Å². The van der Waals surface area contributed by atoms with E-state index in [0.717, 1.165) is 5.69 Å². The zero-order chi connectivity index (χ0) is 53.9. The minimum Gasteiger partial charge on any atom is -0.395 e. The number of rotatable bonds is 21. The molecular weight excluding hydrogens is 1010 g/mol. The van der Waals surface area contributed by atoms with Gasteiger partial charge in [-0.15, -0.1) is 0 Å². The van der Waals surface area contributed by atoms with Crippen LogP contribution in [0.2, 0.25) is 0 Å². The van der Waals surface area contributed by atoms with Gasteiger partial charge in [0.25, 0.3) is 30.4 Å². The van der Waals surface area contributed by atoms with Crippen molar-refractivity contribution in [2.24, 2.45) is 0 Å². The van der Waals surface area contributed by atoms with Crippen molar-refractivity contribution in [3.8, 4) is 0 Å². The van der Waals surface area contributed by atoms with Gasteiger partial charge in [-0.2, -0.15) is 55.2 Å². The van der Waals surface area contributed by atoms with Gasteiger partial charge in [-0.05, 0) is 92.1 Å². The summed E-state index contributed by atoms with van der Waals surface area (Å²) in [6.45, 7) is 6.20. The molecule has 0 aliphatic rings. The Morgan fingerprint density at radius 1 is 0.466 bits per heavy atom. The number of hydrogen-bond acceptors (Lipinski definition) is 22. The average Bonchev–Trinajstić information content (AvgIpc) is 3.33. The molecule has 0 amide bonds. The Morgan fingerprint density at radius 3 is 1.33 bits per heavy atom. The van der Waals surface area contributed by atoms with Crippen LogP contribution in [0.4, 0.5) is 46.8 Å². The number of aryl methyl sites for hydroxylation is 3. The van der Waals surface area contributed by atoms with Crippen molar-refractivity contribution in [1.29, 1.82) is 0 Å². The molecule has 0 unspecified atom stereocenters. The standard InChI is InChI=1S/C16H17NO6S2.C15H22N6O2.C14H19N5O5S/c1-11-3-4-12(15(9-11)24(18,19)20)5-6-13-7-8-14(17-2)10-16(13)25(21,22)23;1-11-3-5-12(6-4-11)17-14-18-13(16-2)19-15(20-14)21(7-9-22)8-10-23;1-10-15-13(18-14(16-10)19(6-8-20)7-9-21)17-11-2-4-12(5-3-11)25(22,23)24/h3-10,17H,1-2H3,(H,18,19,20)(H,21,22,23);3-6,22-23H,7-10H2,1-2H3,(H2,16,17,18,19,20);2-5,20-21H,6-9H2,1H3,(H,22,23,24)(H,15,16,17,18)/b6-5+;;. The number of aliphatic hydroxyl groups excluding tert-OH is 4. The fraction of sp³-hybridized carbons (Fsp3) is 0.289. The number of nitrogens with zero attached hydrogens (tertiary/aromatic N) is 8. The van der Waals surface area contributed by atoms with E-state index >= 15 is 0 Å². The van der Waals surface area contributed by atoms with E-state index in [1.54, 1.807) is 49.9 Å². The summed E-state index contributed by atoms with van der Waals surface area (Å²) in [6, 6.07) is 22.1. The number of nitrogens with one attached hydrogen (secondary N) is 4. The highest BCUT2D eigenvalue weighted by Crippen LogP contribution is 2.26. The number of benzene rings is 4. The first kappa shape index (κ1) is 58.6. The van der Waals surface area contributed by atoms with Crippen LogP contribution in [-0.2, 0) is 30.4 Å². The van der Waals surface area contributed by atoms with Gasteiger partial charge < -0.3 is 51.5 Å². The van der Waals surface area contributed by atoms with E-state index in [4.69, 9.17) is 25.0 Å². The van der Waals surface area contributed by atoms with Crippen LogP contribution in [0.25, 0.3) is 12.2 Å². The Balaban J connectivity index is 0.000000238. The molecule has 0 bridgehead atoms. The molecule has 73 heavy (non-hydrogen) atoms. The Labute approximate surface area is 423 Å². The van der Waals surface area contributed by atoms with Gasteiger partial charge in [0.1, 0.15) is 15.6 Å². The molecule has 28 heteroatoms. The molecule has 4 aromatic carbocycles. The molecule has 394 valence electrons. The lowest BCUT2D eigenvalue weighted by Crippen LogP contribution is -2.31. The first-order valence-electron chi connectivity index (χ1n) is 21.8. The number of aliphatic hydroxyl groups is 4. The van der Waals surface area contributed by atoms with Crippen LogP contribution >= 0.6 is 0 Å². The molecule has 0 saturated carbocycles. The van der Waals surface area contributed by atoms with Gasteiger partial charge in [-0.25, -0.2) is 0 Å². The molecule has 25 nitrogen and oxygen atoms in total. The van der Waals surface area contributed by atoms with E-state index in [9.17, 15) is 34.4 Å². The maximum Gasteiger partial charge on any atom is 0.295 e. The summed E-state index contributed by atoms with van der Waals surface area (Å²) in [4.78, 5) is 28.0. The van der Waals surface area contributed by atoms with Crippen molar-refractivity contribution in [2.45, 2.75) is 35.5 Å². The lowest BCUT2D eigenvalue weighted by Gasteiger charge is -2.21. The topological polar surface area (TPSA) is 376 Å². The van der Waals surface area contributed by atoms with Gasteiger partial charge in [0.2, 0.25) is 29.7 Å². The van der Waals surface area contributed by atoms with E-state index in [1.807, 2.05) is 31.2 Å². The molecule has 0 aliphatic heterocycles. The fourth-order valence-corrected chi connectivity index (χ4v) is 8.24. The van der Waals surface area contributed by atoms with Gasteiger partial charge in [0.15, 0.2) is 0 Å². The quantitative estimate of drug-likeness (QED) is 0.0363. The van der Waals surface area contributed by atoms with Crippen molar-refractivity contribution in [2.75, 3.05) is 97.8 Å². The van der Waals surface area contributed by atoms with Gasteiger partial charge in [0.05, 0.1) is 31.3 Å². The normalized spacial score (nSPS) is 11.5. The maximum absolute atomic E-state index is 11.6. The predicted octanol–water partition coefficient (Wildman–Crippen LogP) is 3.42. The molecular formula is C45H58N12O13S3. The highest BCUT2D eigenvalue weighted by atomic mass is 32.2. The van der Waals surface area contributed by atoms with Crippen LogP contribution in [0.5, 0.6) is 0 Å². The second kappa shape index (κ2) is 27.2. The molecule has 0 saturated heterocycles. The zero-order valence-corrected chi connectivity index (χ0v) is 42.7. The molecule has 11 N–H and O–H groups in total. The summed E-state index contributed by atoms with van der Waals surface area (Å²) in [5, 5.41) is 48.2. The lowest BCUT2D eigenvalue weighted by molar-refractivity contribution is 0.279.